The first-order chi connectivity index (χ1) is 9.64. The van der Waals surface area contributed by atoms with Gasteiger partial charge in [-0.05, 0) is 24.3 Å². The summed E-state index contributed by atoms with van der Waals surface area (Å²) in [6, 6.07) is 4.28. The van der Waals surface area contributed by atoms with E-state index in [2.05, 4.69) is 4.84 Å². The summed E-state index contributed by atoms with van der Waals surface area (Å²) in [7, 11) is -3.91. The van der Waals surface area contributed by atoms with Crippen molar-refractivity contribution in [1.29, 1.82) is 0 Å². The Balaban J connectivity index is 2.22. The van der Waals surface area contributed by atoms with E-state index in [1.165, 1.54) is 0 Å². The van der Waals surface area contributed by atoms with Gasteiger partial charge in [-0.2, -0.15) is 5.21 Å². The van der Waals surface area contributed by atoms with Crippen LogP contribution in [0.5, 0.6) is 0 Å². The molecule has 112 valence electrons. The van der Waals surface area contributed by atoms with E-state index in [0.29, 0.717) is 0 Å². The van der Waals surface area contributed by atoms with Gasteiger partial charge in [0.2, 0.25) is 10.0 Å². The van der Waals surface area contributed by atoms with Crippen LogP contribution in [0, 0.1) is 0 Å². The summed E-state index contributed by atoms with van der Waals surface area (Å²) in [4.78, 5) is 36.8. The third-order valence-corrected chi connectivity index (χ3v) is 3.79. The quantitative estimate of drug-likeness (QED) is 0.433. The molecule has 9 nitrogen and oxygen atoms in total. The zero-order valence-corrected chi connectivity index (χ0v) is 11.4. The summed E-state index contributed by atoms with van der Waals surface area (Å²) in [5, 5.41) is 14.6. The number of carbonyl (C=O) groups is 3. The Labute approximate surface area is 119 Å². The molecule has 0 radical (unpaired) electrons. The number of hydrogen-bond acceptors (Lipinski definition) is 7. The Morgan fingerprint density at radius 3 is 2.05 bits per heavy atom. The maximum atomic E-state index is 11.8. The molecule has 1 aromatic rings. The number of carbonyl (C=O) groups excluding carboxylic acids is 3. The summed E-state index contributed by atoms with van der Waals surface area (Å²) < 4.78 is 22.1. The van der Waals surface area contributed by atoms with Gasteiger partial charge >= 0.3 is 17.8 Å². The Bertz CT molecular complexity index is 707. The molecule has 1 aliphatic heterocycles. The van der Waals surface area contributed by atoms with Gasteiger partial charge in [0, 0.05) is 0 Å². The van der Waals surface area contributed by atoms with E-state index >= 15 is 0 Å². The average molecular weight is 315 g/mol. The van der Waals surface area contributed by atoms with Crippen LogP contribution in [-0.4, -0.2) is 36.2 Å². The minimum Gasteiger partial charge on any atom is -0.239 e. The zero-order valence-electron chi connectivity index (χ0n) is 10.6. The minimum atomic E-state index is -3.91. The molecule has 1 fully saturated rings. The SMILES string of the molecule is NS(=O)(=O)c1ccc(C(=O)O[N+]2(O)C(=O)CCC2=O)cc1. The van der Waals surface area contributed by atoms with Gasteiger partial charge < -0.3 is 0 Å². The van der Waals surface area contributed by atoms with Crippen molar-refractivity contribution < 1.29 is 37.7 Å². The van der Waals surface area contributed by atoms with Crippen molar-refractivity contribution in [2.45, 2.75) is 17.7 Å². The van der Waals surface area contributed by atoms with E-state index in [-0.39, 0.29) is 23.3 Å². The fraction of sp³-hybridized carbons (Fsp3) is 0.182. The van der Waals surface area contributed by atoms with Crippen molar-refractivity contribution in [2.24, 2.45) is 5.14 Å². The lowest BCUT2D eigenvalue weighted by Gasteiger charge is -2.15. The summed E-state index contributed by atoms with van der Waals surface area (Å²) >= 11 is 0. The predicted octanol–water partition coefficient (Wildman–Crippen LogP) is -0.541. The molecule has 0 atom stereocenters. The van der Waals surface area contributed by atoms with E-state index < -0.39 is 32.6 Å². The van der Waals surface area contributed by atoms with Crippen LogP contribution in [0.15, 0.2) is 29.2 Å². The van der Waals surface area contributed by atoms with E-state index in [9.17, 15) is 28.0 Å². The second kappa shape index (κ2) is 5.00. The number of benzene rings is 1. The number of hydroxylamine groups is 4. The molecule has 1 aliphatic rings. The first kappa shape index (κ1) is 15.3. The molecule has 1 saturated heterocycles. The average Bonchev–Trinajstić information content (AvgIpc) is 2.66. The highest BCUT2D eigenvalue weighted by Gasteiger charge is 2.55. The van der Waals surface area contributed by atoms with Crippen molar-refractivity contribution in [3.63, 3.8) is 0 Å². The number of nitrogens with two attached hydrogens (primary N) is 1. The third kappa shape index (κ3) is 2.83. The number of quaternary nitrogens is 1. The lowest BCUT2D eigenvalue weighted by Crippen LogP contribution is -2.50. The molecule has 1 aromatic carbocycles. The molecule has 0 spiro atoms. The van der Waals surface area contributed by atoms with E-state index in [0.717, 1.165) is 24.3 Å². The Morgan fingerprint density at radius 2 is 1.62 bits per heavy atom. The molecule has 0 aliphatic carbocycles. The smallest absolute Gasteiger partial charge is 0.239 e. The van der Waals surface area contributed by atoms with Crippen LogP contribution >= 0.6 is 0 Å². The van der Waals surface area contributed by atoms with Gasteiger partial charge in [0.05, 0.1) is 23.3 Å². The monoisotopic (exact) mass is 315 g/mol. The molecule has 0 unspecified atom stereocenters. The number of imide groups is 1. The predicted molar refractivity (Wildman–Crippen MR) is 64.5 cm³/mol. The minimum absolute atomic E-state index is 0.151. The van der Waals surface area contributed by atoms with Crippen molar-refractivity contribution in [3.8, 4) is 0 Å². The zero-order chi connectivity index (χ0) is 15.8. The van der Waals surface area contributed by atoms with E-state index in [1.54, 1.807) is 0 Å². The fourth-order valence-electron chi connectivity index (χ4n) is 1.71. The standard InChI is InChI=1S/C11H11N2O7S/c12-21(18,19)8-3-1-7(2-4-8)11(16)20-13(17)9(14)5-6-10(13)15/h1-4,17H,5-6H2,(H2,12,18,19)/q+1. The van der Waals surface area contributed by atoms with Crippen LogP contribution in [0.25, 0.3) is 0 Å². The number of amides is 2. The lowest BCUT2D eigenvalue weighted by molar-refractivity contribution is -1.12. The van der Waals surface area contributed by atoms with Crippen LogP contribution in [0.1, 0.15) is 23.2 Å². The van der Waals surface area contributed by atoms with Crippen molar-refractivity contribution in [2.75, 3.05) is 0 Å². The Hall–Kier alpha value is -2.14. The summed E-state index contributed by atoms with van der Waals surface area (Å²) in [6.07, 6.45) is -0.458. The van der Waals surface area contributed by atoms with Crippen LogP contribution < -0.4 is 5.14 Å². The molecule has 0 aromatic heterocycles. The topological polar surface area (TPSA) is 141 Å². The molecular weight excluding hydrogens is 304 g/mol. The summed E-state index contributed by atoms with van der Waals surface area (Å²) in [5.74, 6) is -3.05. The van der Waals surface area contributed by atoms with Gasteiger partial charge in [-0.25, -0.2) is 32.8 Å². The van der Waals surface area contributed by atoms with Crippen LogP contribution in [0.3, 0.4) is 0 Å². The Kier molecular flexibility index (Phi) is 3.63. The largest absolute Gasteiger partial charge is 0.403 e. The molecule has 1 heterocycles. The highest BCUT2D eigenvalue weighted by molar-refractivity contribution is 7.89. The molecule has 2 rings (SSSR count). The highest BCUT2D eigenvalue weighted by Crippen LogP contribution is 2.22. The number of sulfonamides is 1. The van der Waals surface area contributed by atoms with Gasteiger partial charge in [0.1, 0.15) is 4.81 Å². The first-order valence-corrected chi connectivity index (χ1v) is 7.24. The maximum Gasteiger partial charge on any atom is 0.403 e. The van der Waals surface area contributed by atoms with Gasteiger partial charge in [0.15, 0.2) is 0 Å². The van der Waals surface area contributed by atoms with Crippen LogP contribution in [0.4, 0.5) is 0 Å². The Morgan fingerprint density at radius 1 is 1.14 bits per heavy atom. The summed E-state index contributed by atoms with van der Waals surface area (Å²) in [5.41, 5.74) is -0.151. The molecule has 0 bridgehead atoms. The fourth-order valence-corrected chi connectivity index (χ4v) is 2.23. The second-order valence-electron chi connectivity index (χ2n) is 4.31. The first-order valence-electron chi connectivity index (χ1n) is 5.70. The van der Waals surface area contributed by atoms with Crippen molar-refractivity contribution >= 4 is 27.8 Å². The molecule has 21 heavy (non-hydrogen) atoms. The van der Waals surface area contributed by atoms with Crippen molar-refractivity contribution in [1.82, 2.24) is 0 Å². The van der Waals surface area contributed by atoms with Gasteiger partial charge in [-0.3, -0.25) is 0 Å². The van der Waals surface area contributed by atoms with E-state index in [1.807, 2.05) is 0 Å². The number of hydrogen-bond donors (Lipinski definition) is 2. The van der Waals surface area contributed by atoms with Crippen molar-refractivity contribution in [3.05, 3.63) is 29.8 Å². The normalized spacial score (nSPS) is 17.8. The van der Waals surface area contributed by atoms with E-state index in [4.69, 9.17) is 5.14 Å². The second-order valence-corrected chi connectivity index (χ2v) is 5.87. The lowest BCUT2D eigenvalue weighted by atomic mass is 10.2. The van der Waals surface area contributed by atoms with Gasteiger partial charge in [-0.15, -0.1) is 0 Å². The molecular formula is C11H11N2O7S+. The van der Waals surface area contributed by atoms with Crippen LogP contribution in [-0.2, 0) is 24.4 Å². The van der Waals surface area contributed by atoms with Crippen LogP contribution in [0.2, 0.25) is 0 Å². The maximum absolute atomic E-state index is 11.8. The highest BCUT2D eigenvalue weighted by atomic mass is 32.2. The summed E-state index contributed by atoms with van der Waals surface area (Å²) in [6.45, 7) is 0. The molecule has 10 heteroatoms. The molecule has 3 N–H and O–H groups in total. The number of rotatable bonds is 3. The third-order valence-electron chi connectivity index (χ3n) is 2.86. The number of nitrogens with zero attached hydrogens (tertiary/aromatic N) is 1. The number of primary sulfonamides is 1. The van der Waals surface area contributed by atoms with Gasteiger partial charge in [0.25, 0.3) is 0 Å². The molecule has 0 saturated carbocycles. The molecule has 2 amide bonds. The van der Waals surface area contributed by atoms with Gasteiger partial charge in [-0.1, -0.05) is 0 Å².